The average Bonchev–Trinajstić information content (AvgIpc) is 2.49. The third-order valence-electron chi connectivity index (χ3n) is 2.62. The first-order chi connectivity index (χ1) is 6.65. The molecule has 1 aromatic rings. The van der Waals surface area contributed by atoms with Gasteiger partial charge in [-0.15, -0.1) is 0 Å². The maximum absolute atomic E-state index is 13.6. The third kappa shape index (κ3) is 1.18. The van der Waals surface area contributed by atoms with Crippen LogP contribution < -0.4 is 10.5 Å². The van der Waals surface area contributed by atoms with E-state index in [0.29, 0.717) is 24.0 Å². The highest BCUT2D eigenvalue weighted by Crippen LogP contribution is 2.36. The standard InChI is InChI=1S/C10H11F2NO/c1-14-10-7(11)4-6-5(9(10)12)2-3-8(6)13/h4,8H,2-3,13H2,1H3/t8-/m0/s1. The van der Waals surface area contributed by atoms with Crippen molar-refractivity contribution in [1.82, 2.24) is 0 Å². The van der Waals surface area contributed by atoms with Gasteiger partial charge in [-0.1, -0.05) is 0 Å². The Morgan fingerprint density at radius 3 is 2.86 bits per heavy atom. The van der Waals surface area contributed by atoms with E-state index in [1.165, 1.54) is 13.2 Å². The molecule has 1 aromatic carbocycles. The highest BCUT2D eigenvalue weighted by atomic mass is 19.1. The second-order valence-corrected chi connectivity index (χ2v) is 3.42. The fourth-order valence-corrected chi connectivity index (χ4v) is 1.89. The fourth-order valence-electron chi connectivity index (χ4n) is 1.89. The monoisotopic (exact) mass is 199 g/mol. The van der Waals surface area contributed by atoms with Crippen LogP contribution in [0.3, 0.4) is 0 Å². The molecule has 0 unspecified atom stereocenters. The SMILES string of the molecule is COc1c(F)cc2c(c1F)CC[C@@H]2N. The first kappa shape index (κ1) is 9.40. The third-order valence-corrected chi connectivity index (χ3v) is 2.62. The summed E-state index contributed by atoms with van der Waals surface area (Å²) < 4.78 is 31.5. The highest BCUT2D eigenvalue weighted by molar-refractivity contribution is 5.43. The van der Waals surface area contributed by atoms with Crippen molar-refractivity contribution in [2.24, 2.45) is 5.73 Å². The Balaban J connectivity index is 2.63. The van der Waals surface area contributed by atoms with Gasteiger partial charge in [-0.3, -0.25) is 0 Å². The van der Waals surface area contributed by atoms with Crippen molar-refractivity contribution in [3.05, 3.63) is 28.8 Å². The topological polar surface area (TPSA) is 35.2 Å². The lowest BCUT2D eigenvalue weighted by molar-refractivity contribution is 0.357. The van der Waals surface area contributed by atoms with Crippen molar-refractivity contribution in [1.29, 1.82) is 0 Å². The van der Waals surface area contributed by atoms with Crippen LogP contribution in [-0.2, 0) is 6.42 Å². The molecule has 0 aliphatic heterocycles. The molecule has 0 spiro atoms. The molecule has 1 aliphatic rings. The van der Waals surface area contributed by atoms with Crippen LogP contribution in [0.2, 0.25) is 0 Å². The van der Waals surface area contributed by atoms with E-state index < -0.39 is 11.6 Å². The van der Waals surface area contributed by atoms with Crippen molar-refractivity contribution in [3.8, 4) is 5.75 Å². The van der Waals surface area contributed by atoms with Gasteiger partial charge in [0.25, 0.3) is 0 Å². The van der Waals surface area contributed by atoms with E-state index >= 15 is 0 Å². The van der Waals surface area contributed by atoms with Crippen LogP contribution in [0, 0.1) is 11.6 Å². The molecule has 1 aliphatic carbocycles. The second kappa shape index (κ2) is 3.20. The van der Waals surface area contributed by atoms with Gasteiger partial charge in [0.2, 0.25) is 0 Å². The molecule has 14 heavy (non-hydrogen) atoms. The van der Waals surface area contributed by atoms with Gasteiger partial charge in [-0.2, -0.15) is 0 Å². The van der Waals surface area contributed by atoms with Gasteiger partial charge < -0.3 is 10.5 Å². The average molecular weight is 199 g/mol. The van der Waals surface area contributed by atoms with Crippen molar-refractivity contribution < 1.29 is 13.5 Å². The molecular formula is C10H11F2NO. The lowest BCUT2D eigenvalue weighted by Crippen LogP contribution is -2.06. The number of benzene rings is 1. The first-order valence-electron chi connectivity index (χ1n) is 4.45. The van der Waals surface area contributed by atoms with E-state index in [1.807, 2.05) is 0 Å². The summed E-state index contributed by atoms with van der Waals surface area (Å²) in [5.74, 6) is -1.59. The summed E-state index contributed by atoms with van der Waals surface area (Å²) in [5.41, 5.74) is 6.77. The molecule has 0 amide bonds. The molecule has 0 aromatic heterocycles. The number of ether oxygens (including phenoxy) is 1. The van der Waals surface area contributed by atoms with E-state index in [4.69, 9.17) is 5.73 Å². The number of hydrogen-bond acceptors (Lipinski definition) is 2. The van der Waals surface area contributed by atoms with Crippen molar-refractivity contribution >= 4 is 0 Å². The minimum atomic E-state index is -0.680. The van der Waals surface area contributed by atoms with Crippen molar-refractivity contribution in [2.45, 2.75) is 18.9 Å². The molecule has 4 heteroatoms. The Kier molecular flexibility index (Phi) is 2.15. The summed E-state index contributed by atoms with van der Waals surface area (Å²) in [5, 5.41) is 0. The number of halogens is 2. The molecule has 2 rings (SSSR count). The largest absolute Gasteiger partial charge is 0.491 e. The molecule has 76 valence electrons. The number of fused-ring (bicyclic) bond motifs is 1. The molecule has 0 fully saturated rings. The zero-order valence-electron chi connectivity index (χ0n) is 7.81. The van der Waals surface area contributed by atoms with Crippen molar-refractivity contribution in [2.75, 3.05) is 7.11 Å². The molecule has 2 N–H and O–H groups in total. The van der Waals surface area contributed by atoms with Crippen LogP contribution in [-0.4, -0.2) is 7.11 Å². The Morgan fingerprint density at radius 2 is 2.21 bits per heavy atom. The Labute approximate surface area is 80.7 Å². The van der Waals surface area contributed by atoms with Crippen LogP contribution in [0.4, 0.5) is 8.78 Å². The summed E-state index contributed by atoms with van der Waals surface area (Å²) in [7, 11) is 1.25. The first-order valence-corrected chi connectivity index (χ1v) is 4.45. The van der Waals surface area contributed by atoms with Gasteiger partial charge >= 0.3 is 0 Å². The van der Waals surface area contributed by atoms with E-state index in [2.05, 4.69) is 4.74 Å². The van der Waals surface area contributed by atoms with Gasteiger partial charge in [0.1, 0.15) is 0 Å². The van der Waals surface area contributed by atoms with Crippen LogP contribution >= 0.6 is 0 Å². The Bertz CT molecular complexity index is 379. The predicted octanol–water partition coefficient (Wildman–Crippen LogP) is 1.92. The lowest BCUT2D eigenvalue weighted by atomic mass is 10.1. The minimum Gasteiger partial charge on any atom is -0.491 e. The zero-order valence-corrected chi connectivity index (χ0v) is 7.81. The maximum atomic E-state index is 13.6. The van der Waals surface area contributed by atoms with Crippen molar-refractivity contribution in [3.63, 3.8) is 0 Å². The summed E-state index contributed by atoms with van der Waals surface area (Å²) in [4.78, 5) is 0. The van der Waals surface area contributed by atoms with E-state index in [-0.39, 0.29) is 11.8 Å². The van der Waals surface area contributed by atoms with E-state index in [0.717, 1.165) is 0 Å². The van der Waals surface area contributed by atoms with Crippen LogP contribution in [0.15, 0.2) is 6.07 Å². The smallest absolute Gasteiger partial charge is 0.190 e. The van der Waals surface area contributed by atoms with Crippen LogP contribution in [0.1, 0.15) is 23.6 Å². The van der Waals surface area contributed by atoms with Crippen LogP contribution in [0.5, 0.6) is 5.75 Å². The normalized spacial score (nSPS) is 19.6. The maximum Gasteiger partial charge on any atom is 0.190 e. The number of methoxy groups -OCH3 is 1. The molecule has 2 nitrogen and oxygen atoms in total. The molecule has 0 saturated carbocycles. The number of rotatable bonds is 1. The summed E-state index contributed by atoms with van der Waals surface area (Å²) in [6.45, 7) is 0. The molecule has 0 heterocycles. The summed E-state index contributed by atoms with van der Waals surface area (Å²) in [6, 6.07) is 1.02. The quantitative estimate of drug-likeness (QED) is 0.749. The minimum absolute atomic E-state index is 0.250. The van der Waals surface area contributed by atoms with E-state index in [9.17, 15) is 8.78 Å². The highest BCUT2D eigenvalue weighted by Gasteiger charge is 2.27. The fraction of sp³-hybridized carbons (Fsp3) is 0.400. The predicted molar refractivity (Wildman–Crippen MR) is 48.2 cm³/mol. The lowest BCUT2D eigenvalue weighted by Gasteiger charge is -2.09. The Hall–Kier alpha value is -1.16. The van der Waals surface area contributed by atoms with Gasteiger partial charge in [0.05, 0.1) is 7.11 Å². The Morgan fingerprint density at radius 1 is 1.50 bits per heavy atom. The summed E-state index contributed by atoms with van der Waals surface area (Å²) in [6.07, 6.45) is 1.22. The molecular weight excluding hydrogens is 188 g/mol. The van der Waals surface area contributed by atoms with E-state index in [1.54, 1.807) is 0 Å². The molecule has 0 bridgehead atoms. The number of hydrogen-bond donors (Lipinski definition) is 1. The van der Waals surface area contributed by atoms with Gasteiger partial charge in [0.15, 0.2) is 17.4 Å². The van der Waals surface area contributed by atoms with Crippen LogP contribution in [0.25, 0.3) is 0 Å². The molecule has 0 radical (unpaired) electrons. The van der Waals surface area contributed by atoms with Gasteiger partial charge in [-0.25, -0.2) is 8.78 Å². The van der Waals surface area contributed by atoms with Gasteiger partial charge in [-0.05, 0) is 30.0 Å². The number of nitrogens with two attached hydrogens (primary N) is 1. The molecule has 1 atom stereocenters. The second-order valence-electron chi connectivity index (χ2n) is 3.42. The zero-order chi connectivity index (χ0) is 10.3. The summed E-state index contributed by atoms with van der Waals surface area (Å²) >= 11 is 0. The molecule has 0 saturated heterocycles. The van der Waals surface area contributed by atoms with Gasteiger partial charge in [0, 0.05) is 6.04 Å².